The Hall–Kier alpha value is -1.07. The van der Waals surface area contributed by atoms with Crippen LogP contribution in [0, 0.1) is 0 Å². The highest BCUT2D eigenvalue weighted by atomic mass is 35.5. The summed E-state index contributed by atoms with van der Waals surface area (Å²) >= 11 is 5.74. The lowest BCUT2D eigenvalue weighted by atomic mass is 10.1. The van der Waals surface area contributed by atoms with Gasteiger partial charge in [0.15, 0.2) is 9.84 Å². The van der Waals surface area contributed by atoms with Gasteiger partial charge >= 0.3 is 0 Å². The Kier molecular flexibility index (Phi) is 4.16. The van der Waals surface area contributed by atoms with Gasteiger partial charge in [-0.1, -0.05) is 12.1 Å². The molecule has 1 unspecified atom stereocenters. The first-order valence-corrected chi connectivity index (χ1v) is 8.41. The van der Waals surface area contributed by atoms with Crippen molar-refractivity contribution in [3.8, 4) is 0 Å². The second-order valence-corrected chi connectivity index (χ2v) is 7.30. The quantitative estimate of drug-likeness (QED) is 0.798. The van der Waals surface area contributed by atoms with E-state index in [4.69, 9.17) is 11.6 Å². The number of nitrogens with zero attached hydrogens (tertiary/aromatic N) is 1. The lowest BCUT2D eigenvalue weighted by Crippen LogP contribution is -2.37. The fourth-order valence-corrected chi connectivity index (χ4v) is 4.18. The van der Waals surface area contributed by atoms with Crippen molar-refractivity contribution >= 4 is 27.3 Å². The SMILES string of the molecule is CN(C(=O)c1cccc(CCl)c1)C1CCS(=O)(=O)C1. The average molecular weight is 302 g/mol. The molecule has 1 aromatic carbocycles. The fourth-order valence-electron chi connectivity index (χ4n) is 2.24. The molecule has 1 aromatic rings. The number of benzene rings is 1. The number of halogens is 1. The number of hydrogen-bond donors (Lipinski definition) is 0. The highest BCUT2D eigenvalue weighted by Crippen LogP contribution is 2.19. The molecular formula is C13H16ClNO3S. The van der Waals surface area contributed by atoms with Crippen molar-refractivity contribution in [2.75, 3.05) is 18.6 Å². The molecule has 19 heavy (non-hydrogen) atoms. The van der Waals surface area contributed by atoms with Crippen molar-refractivity contribution < 1.29 is 13.2 Å². The van der Waals surface area contributed by atoms with Crippen LogP contribution in [0.1, 0.15) is 22.3 Å². The van der Waals surface area contributed by atoms with Crippen LogP contribution in [0.5, 0.6) is 0 Å². The van der Waals surface area contributed by atoms with Gasteiger partial charge in [-0.15, -0.1) is 11.6 Å². The van der Waals surface area contributed by atoms with Crippen LogP contribution in [0.3, 0.4) is 0 Å². The molecule has 0 aromatic heterocycles. The monoisotopic (exact) mass is 301 g/mol. The van der Waals surface area contributed by atoms with Crippen LogP contribution in [-0.2, 0) is 15.7 Å². The molecule has 2 rings (SSSR count). The predicted octanol–water partition coefficient (Wildman–Crippen LogP) is 1.68. The molecule has 1 fully saturated rings. The Balaban J connectivity index is 2.15. The summed E-state index contributed by atoms with van der Waals surface area (Å²) < 4.78 is 22.9. The minimum absolute atomic E-state index is 0.0600. The first kappa shape index (κ1) is 14.3. The van der Waals surface area contributed by atoms with Gasteiger partial charge in [-0.05, 0) is 24.1 Å². The zero-order valence-corrected chi connectivity index (χ0v) is 12.2. The van der Waals surface area contributed by atoms with Crippen LogP contribution in [0.4, 0.5) is 0 Å². The van der Waals surface area contributed by atoms with Crippen LogP contribution in [0.15, 0.2) is 24.3 Å². The van der Waals surface area contributed by atoms with Gasteiger partial charge in [0, 0.05) is 24.5 Å². The number of carbonyl (C=O) groups excluding carboxylic acids is 1. The summed E-state index contributed by atoms with van der Waals surface area (Å²) in [5, 5.41) is 0. The first-order valence-electron chi connectivity index (χ1n) is 6.05. The molecule has 1 atom stereocenters. The van der Waals surface area contributed by atoms with E-state index in [1.54, 1.807) is 25.2 Å². The summed E-state index contributed by atoms with van der Waals surface area (Å²) in [6, 6.07) is 6.87. The molecule has 0 radical (unpaired) electrons. The van der Waals surface area contributed by atoms with Crippen molar-refractivity contribution in [3.05, 3.63) is 35.4 Å². The highest BCUT2D eigenvalue weighted by molar-refractivity contribution is 7.91. The molecule has 6 heteroatoms. The summed E-state index contributed by atoms with van der Waals surface area (Å²) in [6.07, 6.45) is 0.514. The highest BCUT2D eigenvalue weighted by Gasteiger charge is 2.32. The zero-order valence-electron chi connectivity index (χ0n) is 10.7. The fraction of sp³-hybridized carbons (Fsp3) is 0.462. The van der Waals surface area contributed by atoms with Gasteiger partial charge < -0.3 is 4.90 Å². The van der Waals surface area contributed by atoms with Crippen LogP contribution in [0.2, 0.25) is 0 Å². The maximum atomic E-state index is 12.3. The molecule has 0 saturated carbocycles. The van der Waals surface area contributed by atoms with E-state index in [-0.39, 0.29) is 23.5 Å². The van der Waals surface area contributed by atoms with E-state index in [1.165, 1.54) is 4.90 Å². The van der Waals surface area contributed by atoms with Crippen LogP contribution >= 0.6 is 11.6 Å². The van der Waals surface area contributed by atoms with Crippen molar-refractivity contribution in [1.82, 2.24) is 4.90 Å². The van der Waals surface area contributed by atoms with E-state index >= 15 is 0 Å². The second-order valence-electron chi connectivity index (χ2n) is 4.81. The first-order chi connectivity index (χ1) is 8.93. The Bertz CT molecular complexity index is 585. The largest absolute Gasteiger partial charge is 0.338 e. The van der Waals surface area contributed by atoms with E-state index in [1.807, 2.05) is 6.07 Å². The number of hydrogen-bond acceptors (Lipinski definition) is 3. The molecule has 4 nitrogen and oxygen atoms in total. The molecule has 0 bridgehead atoms. The van der Waals surface area contributed by atoms with Gasteiger partial charge in [0.2, 0.25) is 0 Å². The smallest absolute Gasteiger partial charge is 0.253 e. The van der Waals surface area contributed by atoms with Crippen molar-refractivity contribution in [2.24, 2.45) is 0 Å². The van der Waals surface area contributed by atoms with Gasteiger partial charge in [0.25, 0.3) is 5.91 Å². The minimum Gasteiger partial charge on any atom is -0.338 e. The summed E-state index contributed by atoms with van der Waals surface area (Å²) in [5.41, 5.74) is 1.42. The van der Waals surface area contributed by atoms with E-state index < -0.39 is 9.84 Å². The molecule has 0 spiro atoms. The summed E-state index contributed by atoms with van der Waals surface area (Å²) in [5.74, 6) is 0.415. The zero-order chi connectivity index (χ0) is 14.0. The number of carbonyl (C=O) groups is 1. The van der Waals surface area contributed by atoms with Crippen LogP contribution < -0.4 is 0 Å². The molecule has 0 aliphatic carbocycles. The number of amides is 1. The Morgan fingerprint density at radius 3 is 2.79 bits per heavy atom. The van der Waals surface area contributed by atoms with Crippen LogP contribution in [0.25, 0.3) is 0 Å². The Labute approximate surface area is 118 Å². The van der Waals surface area contributed by atoms with E-state index in [2.05, 4.69) is 0 Å². The van der Waals surface area contributed by atoms with Gasteiger partial charge in [-0.3, -0.25) is 4.79 Å². The van der Waals surface area contributed by atoms with E-state index in [0.717, 1.165) is 5.56 Å². The molecule has 1 amide bonds. The standard InChI is InChI=1S/C13H16ClNO3S/c1-15(12-5-6-19(17,18)9-12)13(16)11-4-2-3-10(7-11)8-14/h2-4,7,12H,5-6,8-9H2,1H3. The lowest BCUT2D eigenvalue weighted by molar-refractivity contribution is 0.0747. The summed E-state index contributed by atoms with van der Waals surface area (Å²) in [4.78, 5) is 13.8. The van der Waals surface area contributed by atoms with Crippen molar-refractivity contribution in [2.45, 2.75) is 18.3 Å². The predicted molar refractivity (Wildman–Crippen MR) is 75.2 cm³/mol. The van der Waals surface area contributed by atoms with Gasteiger partial charge in [-0.2, -0.15) is 0 Å². The molecule has 1 heterocycles. The molecule has 1 aliphatic rings. The molecule has 1 saturated heterocycles. The Morgan fingerprint density at radius 1 is 1.47 bits per heavy atom. The van der Waals surface area contributed by atoms with Gasteiger partial charge in [0.1, 0.15) is 0 Å². The normalized spacial score (nSPS) is 21.3. The van der Waals surface area contributed by atoms with Gasteiger partial charge in [-0.25, -0.2) is 8.42 Å². The van der Waals surface area contributed by atoms with Crippen molar-refractivity contribution in [1.29, 1.82) is 0 Å². The minimum atomic E-state index is -2.98. The number of alkyl halides is 1. The molecule has 0 N–H and O–H groups in total. The maximum Gasteiger partial charge on any atom is 0.253 e. The third-order valence-corrected chi connectivity index (χ3v) is 5.46. The Morgan fingerprint density at radius 2 is 2.21 bits per heavy atom. The van der Waals surface area contributed by atoms with E-state index in [0.29, 0.717) is 17.9 Å². The summed E-state index contributed by atoms with van der Waals surface area (Å²) in [6.45, 7) is 0. The summed E-state index contributed by atoms with van der Waals surface area (Å²) in [7, 11) is -1.33. The van der Waals surface area contributed by atoms with E-state index in [9.17, 15) is 13.2 Å². The maximum absolute atomic E-state index is 12.3. The molecule has 1 aliphatic heterocycles. The van der Waals surface area contributed by atoms with Crippen molar-refractivity contribution in [3.63, 3.8) is 0 Å². The number of sulfone groups is 1. The average Bonchev–Trinajstić information content (AvgIpc) is 2.77. The van der Waals surface area contributed by atoms with Gasteiger partial charge in [0.05, 0.1) is 11.5 Å². The van der Waals surface area contributed by atoms with Crippen LogP contribution in [-0.4, -0.2) is 43.8 Å². The molecular weight excluding hydrogens is 286 g/mol. The lowest BCUT2D eigenvalue weighted by Gasteiger charge is -2.23. The number of rotatable bonds is 3. The molecule has 104 valence electrons. The third-order valence-electron chi connectivity index (χ3n) is 3.40. The third kappa shape index (κ3) is 3.28. The topological polar surface area (TPSA) is 54.5 Å². The second kappa shape index (κ2) is 5.51.